The Balaban J connectivity index is 1.98. The topological polar surface area (TPSA) is 60.3 Å². The molecule has 0 aliphatic rings. The molecule has 29 heavy (non-hydrogen) atoms. The Morgan fingerprint density at radius 2 is 1.72 bits per heavy atom. The molecule has 0 radical (unpaired) electrons. The van der Waals surface area contributed by atoms with Gasteiger partial charge < -0.3 is 14.6 Å². The van der Waals surface area contributed by atoms with Crippen molar-refractivity contribution in [3.8, 4) is 5.75 Å². The summed E-state index contributed by atoms with van der Waals surface area (Å²) in [6, 6.07) is 10.9. The van der Waals surface area contributed by atoms with Crippen molar-refractivity contribution in [2.24, 2.45) is 5.41 Å². The fraction of sp³-hybridized carbons (Fsp3) is 0.333. The van der Waals surface area contributed by atoms with Gasteiger partial charge in [-0.3, -0.25) is 9.59 Å². The van der Waals surface area contributed by atoms with Gasteiger partial charge in [0.05, 0.1) is 7.11 Å². The molecule has 0 aliphatic carbocycles. The third kappa shape index (κ3) is 4.34. The summed E-state index contributed by atoms with van der Waals surface area (Å²) in [5.41, 5.74) is 2.93. The largest absolute Gasteiger partial charge is 0.496 e. The summed E-state index contributed by atoms with van der Waals surface area (Å²) in [5, 5.41) is 4.29. The Morgan fingerprint density at radius 1 is 1.07 bits per heavy atom. The third-order valence-electron chi connectivity index (χ3n) is 4.84. The molecule has 0 saturated carbocycles. The van der Waals surface area contributed by atoms with Crippen LogP contribution in [0.4, 0.5) is 5.69 Å². The number of anilines is 1. The molecule has 1 aromatic heterocycles. The maximum atomic E-state index is 12.9. The molecule has 0 atom stereocenters. The lowest BCUT2D eigenvalue weighted by molar-refractivity contribution is 0.102. The Hall–Kier alpha value is -3.08. The molecule has 152 valence electrons. The SMILES string of the molecule is COc1c(C)cc(C(=O)Nc2cccc3c(=O)n(CC(C)(C)C)ccc23)cc1C. The molecule has 1 N–H and O–H groups in total. The van der Waals surface area contributed by atoms with E-state index in [4.69, 9.17) is 4.74 Å². The van der Waals surface area contributed by atoms with E-state index in [2.05, 4.69) is 26.1 Å². The zero-order valence-electron chi connectivity index (χ0n) is 17.9. The number of pyridine rings is 1. The molecule has 5 heteroatoms. The molecule has 0 spiro atoms. The number of nitrogens with zero attached hydrogens (tertiary/aromatic N) is 1. The van der Waals surface area contributed by atoms with Crippen LogP contribution in [0.2, 0.25) is 0 Å². The second-order valence-corrected chi connectivity index (χ2v) is 8.67. The minimum absolute atomic E-state index is 0.00653. The molecule has 0 aliphatic heterocycles. The van der Waals surface area contributed by atoms with E-state index in [9.17, 15) is 9.59 Å². The van der Waals surface area contributed by atoms with E-state index >= 15 is 0 Å². The summed E-state index contributed by atoms with van der Waals surface area (Å²) in [4.78, 5) is 25.8. The van der Waals surface area contributed by atoms with E-state index in [1.165, 1.54) is 0 Å². The van der Waals surface area contributed by atoms with Crippen molar-refractivity contribution in [3.63, 3.8) is 0 Å². The van der Waals surface area contributed by atoms with Gasteiger partial charge in [0.15, 0.2) is 0 Å². The fourth-order valence-corrected chi connectivity index (χ4v) is 3.66. The number of rotatable bonds is 4. The molecule has 2 aromatic carbocycles. The van der Waals surface area contributed by atoms with Crippen molar-refractivity contribution in [2.45, 2.75) is 41.2 Å². The highest BCUT2D eigenvalue weighted by Gasteiger charge is 2.16. The predicted octanol–water partition coefficient (Wildman–Crippen LogP) is 4.93. The van der Waals surface area contributed by atoms with Crippen molar-refractivity contribution >= 4 is 22.4 Å². The highest BCUT2D eigenvalue weighted by Crippen LogP contribution is 2.26. The molecule has 3 aromatic rings. The van der Waals surface area contributed by atoms with Gasteiger partial charge in [-0.1, -0.05) is 26.8 Å². The van der Waals surface area contributed by atoms with Gasteiger partial charge in [-0.2, -0.15) is 0 Å². The van der Waals surface area contributed by atoms with Crippen molar-refractivity contribution in [1.29, 1.82) is 0 Å². The van der Waals surface area contributed by atoms with E-state index < -0.39 is 0 Å². The van der Waals surface area contributed by atoms with Crippen LogP contribution in [0.5, 0.6) is 5.75 Å². The molecule has 1 amide bonds. The average molecular weight is 392 g/mol. The van der Waals surface area contributed by atoms with Crippen LogP contribution in [0.15, 0.2) is 47.4 Å². The van der Waals surface area contributed by atoms with Crippen LogP contribution in [0.1, 0.15) is 42.3 Å². The molecule has 3 rings (SSSR count). The number of fused-ring (bicyclic) bond motifs is 1. The number of nitrogens with one attached hydrogen (secondary N) is 1. The van der Waals surface area contributed by atoms with E-state index in [-0.39, 0.29) is 16.9 Å². The maximum absolute atomic E-state index is 12.9. The van der Waals surface area contributed by atoms with Crippen LogP contribution in [-0.4, -0.2) is 17.6 Å². The lowest BCUT2D eigenvalue weighted by Gasteiger charge is -2.20. The minimum Gasteiger partial charge on any atom is -0.496 e. The van der Waals surface area contributed by atoms with Gasteiger partial charge in [0.25, 0.3) is 11.5 Å². The first kappa shape index (κ1) is 20.6. The zero-order valence-corrected chi connectivity index (χ0v) is 17.9. The first-order valence-electron chi connectivity index (χ1n) is 9.69. The van der Waals surface area contributed by atoms with E-state index in [1.54, 1.807) is 30.0 Å². The highest BCUT2D eigenvalue weighted by atomic mass is 16.5. The number of aryl methyl sites for hydroxylation is 2. The molecule has 0 fully saturated rings. The highest BCUT2D eigenvalue weighted by molar-refractivity contribution is 6.09. The van der Waals surface area contributed by atoms with Crippen LogP contribution in [0.25, 0.3) is 10.8 Å². The number of benzene rings is 2. The number of methoxy groups -OCH3 is 1. The van der Waals surface area contributed by atoms with E-state index in [1.807, 2.05) is 38.1 Å². The van der Waals surface area contributed by atoms with Crippen LogP contribution in [-0.2, 0) is 6.54 Å². The molecule has 0 bridgehead atoms. The Bertz CT molecular complexity index is 1110. The average Bonchev–Trinajstić information content (AvgIpc) is 2.63. The lowest BCUT2D eigenvalue weighted by Crippen LogP contribution is -2.26. The number of ether oxygens (including phenoxy) is 1. The fourth-order valence-electron chi connectivity index (χ4n) is 3.66. The van der Waals surface area contributed by atoms with Crippen molar-refractivity contribution in [3.05, 3.63) is 69.6 Å². The summed E-state index contributed by atoms with van der Waals surface area (Å²) in [7, 11) is 1.62. The van der Waals surface area contributed by atoms with Gasteiger partial charge >= 0.3 is 0 Å². The summed E-state index contributed by atoms with van der Waals surface area (Å²) >= 11 is 0. The van der Waals surface area contributed by atoms with Gasteiger partial charge in [-0.15, -0.1) is 0 Å². The number of carbonyl (C=O) groups excluding carboxylic acids is 1. The lowest BCUT2D eigenvalue weighted by atomic mass is 9.96. The number of hydrogen-bond acceptors (Lipinski definition) is 3. The summed E-state index contributed by atoms with van der Waals surface area (Å²) in [6.45, 7) is 10.7. The van der Waals surface area contributed by atoms with Gasteiger partial charge in [0.2, 0.25) is 0 Å². The number of hydrogen-bond donors (Lipinski definition) is 1. The second-order valence-electron chi connectivity index (χ2n) is 8.67. The maximum Gasteiger partial charge on any atom is 0.258 e. The number of carbonyl (C=O) groups is 1. The minimum atomic E-state index is -0.217. The Morgan fingerprint density at radius 3 is 2.31 bits per heavy atom. The van der Waals surface area contributed by atoms with Crippen molar-refractivity contribution in [2.75, 3.05) is 12.4 Å². The monoisotopic (exact) mass is 392 g/mol. The van der Waals surface area contributed by atoms with Crippen molar-refractivity contribution < 1.29 is 9.53 Å². The standard InChI is InChI=1S/C24H28N2O3/c1-15-12-17(13-16(2)21(15)29-6)22(27)25-20-9-7-8-19-18(20)10-11-26(23(19)28)14-24(3,4)5/h7-13H,14H2,1-6H3,(H,25,27). The van der Waals surface area contributed by atoms with Crippen LogP contribution in [0.3, 0.4) is 0 Å². The molecule has 5 nitrogen and oxygen atoms in total. The van der Waals surface area contributed by atoms with Crippen molar-refractivity contribution in [1.82, 2.24) is 4.57 Å². The van der Waals surface area contributed by atoms with Gasteiger partial charge in [-0.25, -0.2) is 0 Å². The van der Waals surface area contributed by atoms with Crippen LogP contribution < -0.4 is 15.6 Å². The van der Waals surface area contributed by atoms with E-state index in [0.29, 0.717) is 23.2 Å². The Kier molecular flexibility index (Phi) is 5.51. The summed E-state index contributed by atoms with van der Waals surface area (Å²) in [5.74, 6) is 0.566. The van der Waals surface area contributed by atoms with Crippen LogP contribution in [0, 0.1) is 19.3 Å². The molecule has 0 saturated heterocycles. The normalized spacial score (nSPS) is 11.5. The molecule has 0 unspecified atom stereocenters. The first-order valence-corrected chi connectivity index (χ1v) is 9.69. The molecule has 1 heterocycles. The molecular formula is C24H28N2O3. The first-order chi connectivity index (χ1) is 13.6. The smallest absolute Gasteiger partial charge is 0.258 e. The summed E-state index contributed by atoms with van der Waals surface area (Å²) < 4.78 is 7.10. The van der Waals surface area contributed by atoms with Gasteiger partial charge in [0.1, 0.15) is 5.75 Å². The molecular weight excluding hydrogens is 364 g/mol. The Labute approximate surface area is 171 Å². The third-order valence-corrected chi connectivity index (χ3v) is 4.84. The number of aromatic nitrogens is 1. The predicted molar refractivity (Wildman–Crippen MR) is 118 cm³/mol. The summed E-state index contributed by atoms with van der Waals surface area (Å²) in [6.07, 6.45) is 1.80. The quantitative estimate of drug-likeness (QED) is 0.685. The second kappa shape index (κ2) is 7.74. The van der Waals surface area contributed by atoms with Crippen LogP contribution >= 0.6 is 0 Å². The van der Waals surface area contributed by atoms with Gasteiger partial charge in [-0.05, 0) is 60.7 Å². The van der Waals surface area contributed by atoms with E-state index in [0.717, 1.165) is 22.3 Å². The van der Waals surface area contributed by atoms with Gasteiger partial charge in [0, 0.05) is 34.8 Å². The zero-order chi connectivity index (χ0) is 21.3. The number of amides is 1.